The van der Waals surface area contributed by atoms with Crippen LogP contribution in [0.3, 0.4) is 0 Å². The summed E-state index contributed by atoms with van der Waals surface area (Å²) in [4.78, 5) is 6.49. The molecule has 0 amide bonds. The standard InChI is InChI=1S/C12H17BrN2O/c1-15-5-2-3-11(15)4-6-16-12-7-10(13)8-14-9-12/h7-9,11H,2-6H2,1H3. The molecule has 2 rings (SSSR count). The van der Waals surface area contributed by atoms with Crippen molar-refractivity contribution in [2.24, 2.45) is 0 Å². The fourth-order valence-corrected chi connectivity index (χ4v) is 2.47. The highest BCUT2D eigenvalue weighted by Crippen LogP contribution is 2.19. The van der Waals surface area contributed by atoms with Gasteiger partial charge in [0.15, 0.2) is 0 Å². The van der Waals surface area contributed by atoms with Crippen LogP contribution in [0.5, 0.6) is 5.75 Å². The van der Waals surface area contributed by atoms with Gasteiger partial charge in [0.1, 0.15) is 5.75 Å². The Bertz CT molecular complexity index is 346. The molecule has 1 aliphatic rings. The van der Waals surface area contributed by atoms with E-state index in [0.717, 1.165) is 23.2 Å². The molecule has 0 aliphatic carbocycles. The second kappa shape index (κ2) is 5.64. The number of ether oxygens (including phenoxy) is 1. The summed E-state index contributed by atoms with van der Waals surface area (Å²) in [5.74, 6) is 0.843. The van der Waals surface area contributed by atoms with Crippen LogP contribution >= 0.6 is 15.9 Å². The van der Waals surface area contributed by atoms with Crippen molar-refractivity contribution in [3.63, 3.8) is 0 Å². The molecular formula is C12H17BrN2O. The van der Waals surface area contributed by atoms with E-state index in [9.17, 15) is 0 Å². The van der Waals surface area contributed by atoms with Crippen LogP contribution in [0.2, 0.25) is 0 Å². The first-order chi connectivity index (χ1) is 7.75. The van der Waals surface area contributed by atoms with E-state index in [1.54, 1.807) is 12.4 Å². The first-order valence-electron chi connectivity index (χ1n) is 5.69. The predicted molar refractivity (Wildman–Crippen MR) is 67.7 cm³/mol. The van der Waals surface area contributed by atoms with Crippen LogP contribution < -0.4 is 4.74 Å². The number of hydrogen-bond donors (Lipinski definition) is 0. The van der Waals surface area contributed by atoms with E-state index in [2.05, 4.69) is 32.9 Å². The normalized spacial score (nSPS) is 21.2. The second-order valence-electron chi connectivity index (χ2n) is 4.25. The molecule has 88 valence electrons. The van der Waals surface area contributed by atoms with Crippen molar-refractivity contribution in [3.05, 3.63) is 22.9 Å². The Morgan fingerprint density at radius 2 is 2.44 bits per heavy atom. The van der Waals surface area contributed by atoms with Gasteiger partial charge in [0, 0.05) is 16.7 Å². The molecule has 0 radical (unpaired) electrons. The van der Waals surface area contributed by atoms with E-state index in [0.29, 0.717) is 6.04 Å². The quantitative estimate of drug-likeness (QED) is 0.850. The molecule has 2 heterocycles. The summed E-state index contributed by atoms with van der Waals surface area (Å²) in [6.07, 6.45) is 7.24. The van der Waals surface area contributed by atoms with Gasteiger partial charge in [-0.25, -0.2) is 0 Å². The van der Waals surface area contributed by atoms with Crippen molar-refractivity contribution in [3.8, 4) is 5.75 Å². The molecule has 1 fully saturated rings. The number of likely N-dealkylation sites (tertiary alicyclic amines) is 1. The third kappa shape index (κ3) is 3.19. The lowest BCUT2D eigenvalue weighted by molar-refractivity contribution is 0.233. The largest absolute Gasteiger partial charge is 0.492 e. The number of rotatable bonds is 4. The molecule has 0 N–H and O–H groups in total. The van der Waals surface area contributed by atoms with E-state index in [4.69, 9.17) is 4.74 Å². The monoisotopic (exact) mass is 284 g/mol. The maximum absolute atomic E-state index is 5.68. The number of pyridine rings is 1. The van der Waals surface area contributed by atoms with Gasteiger partial charge in [-0.2, -0.15) is 0 Å². The highest BCUT2D eigenvalue weighted by atomic mass is 79.9. The van der Waals surface area contributed by atoms with E-state index in [1.807, 2.05) is 6.07 Å². The molecule has 1 aromatic heterocycles. The average molecular weight is 285 g/mol. The van der Waals surface area contributed by atoms with Gasteiger partial charge < -0.3 is 9.64 Å². The number of halogens is 1. The van der Waals surface area contributed by atoms with Crippen molar-refractivity contribution in [2.45, 2.75) is 25.3 Å². The molecule has 0 saturated carbocycles. The highest BCUT2D eigenvalue weighted by molar-refractivity contribution is 9.10. The predicted octanol–water partition coefficient (Wildman–Crippen LogP) is 2.71. The van der Waals surface area contributed by atoms with Gasteiger partial charge in [-0.05, 0) is 54.9 Å². The smallest absolute Gasteiger partial charge is 0.138 e. The lowest BCUT2D eigenvalue weighted by Gasteiger charge is -2.19. The minimum atomic E-state index is 0.695. The van der Waals surface area contributed by atoms with Crippen LogP contribution in [-0.4, -0.2) is 36.1 Å². The molecule has 1 atom stereocenters. The molecule has 0 bridgehead atoms. The number of aromatic nitrogens is 1. The molecule has 3 nitrogen and oxygen atoms in total. The number of hydrogen-bond acceptors (Lipinski definition) is 3. The number of nitrogens with zero attached hydrogens (tertiary/aromatic N) is 2. The minimum absolute atomic E-state index is 0.695. The molecular weight excluding hydrogens is 268 g/mol. The Hall–Kier alpha value is -0.610. The van der Waals surface area contributed by atoms with Gasteiger partial charge in [-0.1, -0.05) is 0 Å². The lowest BCUT2D eigenvalue weighted by atomic mass is 10.1. The van der Waals surface area contributed by atoms with Crippen LogP contribution in [0.4, 0.5) is 0 Å². The van der Waals surface area contributed by atoms with Crippen molar-refractivity contribution in [2.75, 3.05) is 20.2 Å². The summed E-state index contributed by atoms with van der Waals surface area (Å²) in [6.45, 7) is 2.00. The summed E-state index contributed by atoms with van der Waals surface area (Å²) < 4.78 is 6.64. The topological polar surface area (TPSA) is 25.4 Å². The first-order valence-corrected chi connectivity index (χ1v) is 6.48. The minimum Gasteiger partial charge on any atom is -0.492 e. The van der Waals surface area contributed by atoms with Crippen LogP contribution in [0.1, 0.15) is 19.3 Å². The van der Waals surface area contributed by atoms with Crippen LogP contribution in [0.25, 0.3) is 0 Å². The fraction of sp³-hybridized carbons (Fsp3) is 0.583. The summed E-state index contributed by atoms with van der Waals surface area (Å²) in [6, 6.07) is 2.64. The van der Waals surface area contributed by atoms with Crippen molar-refractivity contribution in [1.82, 2.24) is 9.88 Å². The Labute approximate surface area is 105 Å². The highest BCUT2D eigenvalue weighted by Gasteiger charge is 2.20. The first kappa shape index (κ1) is 11.9. The molecule has 0 aromatic carbocycles. The molecule has 1 aromatic rings. The molecule has 1 unspecified atom stereocenters. The molecule has 16 heavy (non-hydrogen) atoms. The SMILES string of the molecule is CN1CCCC1CCOc1cncc(Br)c1. The van der Waals surface area contributed by atoms with E-state index >= 15 is 0 Å². The Morgan fingerprint density at radius 3 is 3.12 bits per heavy atom. The van der Waals surface area contributed by atoms with E-state index in [1.165, 1.54) is 19.4 Å². The maximum Gasteiger partial charge on any atom is 0.138 e. The van der Waals surface area contributed by atoms with E-state index in [-0.39, 0.29) is 0 Å². The van der Waals surface area contributed by atoms with Crippen LogP contribution in [0, 0.1) is 0 Å². The third-order valence-electron chi connectivity index (χ3n) is 3.07. The lowest BCUT2D eigenvalue weighted by Crippen LogP contribution is -2.26. The van der Waals surface area contributed by atoms with Crippen LogP contribution in [-0.2, 0) is 0 Å². The van der Waals surface area contributed by atoms with E-state index < -0.39 is 0 Å². The van der Waals surface area contributed by atoms with Gasteiger partial charge in [0.05, 0.1) is 12.8 Å². The van der Waals surface area contributed by atoms with Gasteiger partial charge in [0.2, 0.25) is 0 Å². The van der Waals surface area contributed by atoms with Crippen molar-refractivity contribution >= 4 is 15.9 Å². The summed E-state index contributed by atoms with van der Waals surface area (Å²) in [5, 5.41) is 0. The van der Waals surface area contributed by atoms with Gasteiger partial charge in [-0.15, -0.1) is 0 Å². The summed E-state index contributed by atoms with van der Waals surface area (Å²) in [5.41, 5.74) is 0. The zero-order valence-electron chi connectivity index (χ0n) is 9.53. The molecule has 1 aliphatic heterocycles. The zero-order valence-corrected chi connectivity index (χ0v) is 11.1. The molecule has 0 spiro atoms. The summed E-state index contributed by atoms with van der Waals surface area (Å²) >= 11 is 3.38. The average Bonchev–Trinajstić information content (AvgIpc) is 2.65. The molecule has 1 saturated heterocycles. The summed E-state index contributed by atoms with van der Waals surface area (Å²) in [7, 11) is 2.19. The third-order valence-corrected chi connectivity index (χ3v) is 3.50. The fourth-order valence-electron chi connectivity index (χ4n) is 2.13. The Kier molecular flexibility index (Phi) is 4.18. The molecule has 4 heteroatoms. The van der Waals surface area contributed by atoms with Crippen molar-refractivity contribution < 1.29 is 4.74 Å². The Morgan fingerprint density at radius 1 is 1.56 bits per heavy atom. The zero-order chi connectivity index (χ0) is 11.4. The van der Waals surface area contributed by atoms with Gasteiger partial charge in [0.25, 0.3) is 0 Å². The van der Waals surface area contributed by atoms with Crippen molar-refractivity contribution in [1.29, 1.82) is 0 Å². The van der Waals surface area contributed by atoms with Gasteiger partial charge >= 0.3 is 0 Å². The second-order valence-corrected chi connectivity index (χ2v) is 5.17. The van der Waals surface area contributed by atoms with Gasteiger partial charge in [-0.3, -0.25) is 4.98 Å². The Balaban J connectivity index is 1.75. The van der Waals surface area contributed by atoms with Crippen LogP contribution in [0.15, 0.2) is 22.9 Å². The maximum atomic E-state index is 5.68.